The van der Waals surface area contributed by atoms with Gasteiger partial charge in [0.05, 0.1) is 6.61 Å². The van der Waals surface area contributed by atoms with E-state index in [1.165, 1.54) is 21.5 Å². The van der Waals surface area contributed by atoms with E-state index in [2.05, 4.69) is 54.6 Å². The fourth-order valence-corrected chi connectivity index (χ4v) is 2.87. The van der Waals surface area contributed by atoms with E-state index in [9.17, 15) is 0 Å². The first-order chi connectivity index (χ1) is 10.9. The molecule has 0 atom stereocenters. The highest BCUT2D eigenvalue weighted by molar-refractivity contribution is 6.05. The smallest absolute Gasteiger partial charge is 0.134 e. The highest BCUT2D eigenvalue weighted by Gasteiger charge is 2.08. The summed E-state index contributed by atoms with van der Waals surface area (Å²) in [7, 11) is 0. The summed E-state index contributed by atoms with van der Waals surface area (Å²) >= 11 is 0. The number of aliphatic hydroxyl groups is 1. The molecule has 0 saturated heterocycles. The maximum absolute atomic E-state index is 8.81. The zero-order valence-corrected chi connectivity index (χ0v) is 12.8. The molecule has 0 saturated carbocycles. The van der Waals surface area contributed by atoms with Gasteiger partial charge < -0.3 is 9.84 Å². The summed E-state index contributed by atoms with van der Waals surface area (Å²) in [5, 5.41) is 13.6. The standard InChI is InChI=1S/C20H22O2/c21-13-7-1-2-8-14-22-20-18-11-5-3-9-16(18)15-17-10-4-6-12-19(17)20/h3-6,9-12,15,21H,1-2,7-8,13-14H2. The van der Waals surface area contributed by atoms with E-state index in [0.29, 0.717) is 0 Å². The van der Waals surface area contributed by atoms with Gasteiger partial charge in [0.15, 0.2) is 0 Å². The molecule has 0 bridgehead atoms. The molecule has 0 unspecified atom stereocenters. The Balaban J connectivity index is 1.85. The first-order valence-corrected chi connectivity index (χ1v) is 8.04. The summed E-state index contributed by atoms with van der Waals surface area (Å²) in [6.45, 7) is 1.01. The lowest BCUT2D eigenvalue weighted by atomic mass is 10.0. The third kappa shape index (κ3) is 3.23. The van der Waals surface area contributed by atoms with Crippen LogP contribution >= 0.6 is 0 Å². The molecule has 0 heterocycles. The molecule has 0 fully saturated rings. The highest BCUT2D eigenvalue weighted by Crippen LogP contribution is 2.34. The first kappa shape index (κ1) is 14.9. The number of ether oxygens (including phenoxy) is 1. The van der Waals surface area contributed by atoms with Gasteiger partial charge in [-0.1, -0.05) is 55.0 Å². The van der Waals surface area contributed by atoms with Crippen LogP contribution in [0, 0.1) is 0 Å². The van der Waals surface area contributed by atoms with Crippen molar-refractivity contribution in [2.24, 2.45) is 0 Å². The van der Waals surface area contributed by atoms with E-state index in [-0.39, 0.29) is 6.61 Å². The Labute approximate surface area is 131 Å². The van der Waals surface area contributed by atoms with Gasteiger partial charge in [0.2, 0.25) is 0 Å². The number of hydrogen-bond donors (Lipinski definition) is 1. The quantitative estimate of drug-likeness (QED) is 0.495. The van der Waals surface area contributed by atoms with Crippen LogP contribution in [0.25, 0.3) is 21.5 Å². The van der Waals surface area contributed by atoms with Gasteiger partial charge in [-0.05, 0) is 36.1 Å². The number of rotatable bonds is 7. The predicted molar refractivity (Wildman–Crippen MR) is 92.5 cm³/mol. The maximum atomic E-state index is 8.81. The van der Waals surface area contributed by atoms with Crippen LogP contribution in [0.5, 0.6) is 5.75 Å². The molecule has 3 aromatic carbocycles. The van der Waals surface area contributed by atoms with Gasteiger partial charge in [0.25, 0.3) is 0 Å². The number of aliphatic hydroxyl groups excluding tert-OH is 1. The summed E-state index contributed by atoms with van der Waals surface area (Å²) in [6, 6.07) is 19.0. The Kier molecular flexibility index (Phi) is 4.92. The number of hydrogen-bond acceptors (Lipinski definition) is 2. The molecule has 0 aliphatic carbocycles. The number of unbranched alkanes of at least 4 members (excludes halogenated alkanes) is 3. The van der Waals surface area contributed by atoms with Crippen molar-refractivity contribution in [2.75, 3.05) is 13.2 Å². The maximum Gasteiger partial charge on any atom is 0.134 e. The largest absolute Gasteiger partial charge is 0.492 e. The molecule has 0 spiro atoms. The van der Waals surface area contributed by atoms with E-state index in [4.69, 9.17) is 9.84 Å². The van der Waals surface area contributed by atoms with E-state index < -0.39 is 0 Å². The lowest BCUT2D eigenvalue weighted by molar-refractivity contribution is 0.275. The molecular weight excluding hydrogens is 272 g/mol. The highest BCUT2D eigenvalue weighted by atomic mass is 16.5. The second-order valence-electron chi connectivity index (χ2n) is 5.63. The first-order valence-electron chi connectivity index (χ1n) is 8.04. The normalized spacial score (nSPS) is 11.1. The topological polar surface area (TPSA) is 29.5 Å². The fourth-order valence-electron chi connectivity index (χ4n) is 2.87. The Bertz CT molecular complexity index is 695. The lowest BCUT2D eigenvalue weighted by Gasteiger charge is -2.13. The van der Waals surface area contributed by atoms with Crippen molar-refractivity contribution in [3.8, 4) is 5.75 Å². The molecule has 2 heteroatoms. The Morgan fingerprint density at radius 1 is 0.727 bits per heavy atom. The molecule has 3 aromatic rings. The molecule has 1 N–H and O–H groups in total. The zero-order valence-electron chi connectivity index (χ0n) is 12.8. The zero-order chi connectivity index (χ0) is 15.2. The van der Waals surface area contributed by atoms with Crippen LogP contribution < -0.4 is 4.74 Å². The van der Waals surface area contributed by atoms with E-state index in [1.54, 1.807) is 0 Å². The van der Waals surface area contributed by atoms with Crippen molar-refractivity contribution in [1.29, 1.82) is 0 Å². The second kappa shape index (κ2) is 7.28. The van der Waals surface area contributed by atoms with Crippen molar-refractivity contribution in [3.05, 3.63) is 54.6 Å². The van der Waals surface area contributed by atoms with Crippen LogP contribution in [0.15, 0.2) is 54.6 Å². The Hall–Kier alpha value is -2.06. The summed E-state index contributed by atoms with van der Waals surface area (Å²) in [4.78, 5) is 0. The monoisotopic (exact) mass is 294 g/mol. The van der Waals surface area contributed by atoms with Crippen molar-refractivity contribution in [1.82, 2.24) is 0 Å². The minimum absolute atomic E-state index is 0.287. The molecule has 0 aliphatic heterocycles. The molecule has 0 aromatic heterocycles. The van der Waals surface area contributed by atoms with Crippen LogP contribution in [-0.4, -0.2) is 18.3 Å². The molecule has 0 aliphatic rings. The van der Waals surface area contributed by atoms with Crippen molar-refractivity contribution < 1.29 is 9.84 Å². The molecule has 114 valence electrons. The SMILES string of the molecule is OCCCCCCOc1c2ccccc2cc2ccccc12. The van der Waals surface area contributed by atoms with Gasteiger partial charge in [-0.2, -0.15) is 0 Å². The molecule has 2 nitrogen and oxygen atoms in total. The molecule has 0 amide bonds. The van der Waals surface area contributed by atoms with Gasteiger partial charge in [-0.3, -0.25) is 0 Å². The summed E-state index contributed by atoms with van der Waals surface area (Å²) in [5.74, 6) is 0.996. The van der Waals surface area contributed by atoms with Crippen molar-refractivity contribution in [3.63, 3.8) is 0 Å². The third-order valence-corrected chi connectivity index (χ3v) is 4.02. The Morgan fingerprint density at radius 3 is 1.95 bits per heavy atom. The number of benzene rings is 3. The van der Waals surface area contributed by atoms with Crippen LogP contribution in [0.4, 0.5) is 0 Å². The van der Waals surface area contributed by atoms with Crippen LogP contribution in [0.1, 0.15) is 25.7 Å². The molecule has 22 heavy (non-hydrogen) atoms. The molecule has 0 radical (unpaired) electrons. The average Bonchev–Trinajstić information content (AvgIpc) is 2.57. The van der Waals surface area contributed by atoms with Crippen molar-refractivity contribution >= 4 is 21.5 Å². The summed E-state index contributed by atoms with van der Waals surface area (Å²) in [5.41, 5.74) is 0. The second-order valence-corrected chi connectivity index (χ2v) is 5.63. The Morgan fingerprint density at radius 2 is 1.32 bits per heavy atom. The average molecular weight is 294 g/mol. The number of fused-ring (bicyclic) bond motifs is 2. The minimum Gasteiger partial charge on any atom is -0.492 e. The minimum atomic E-state index is 0.287. The molecule has 3 rings (SSSR count). The fraction of sp³-hybridized carbons (Fsp3) is 0.300. The van der Waals surface area contributed by atoms with Crippen molar-refractivity contribution in [2.45, 2.75) is 25.7 Å². The van der Waals surface area contributed by atoms with Gasteiger partial charge in [0, 0.05) is 17.4 Å². The van der Waals surface area contributed by atoms with Gasteiger partial charge in [-0.15, -0.1) is 0 Å². The summed E-state index contributed by atoms with van der Waals surface area (Å²) < 4.78 is 6.15. The predicted octanol–water partition coefficient (Wildman–Crippen LogP) is 4.92. The van der Waals surface area contributed by atoms with Crippen LogP contribution in [-0.2, 0) is 0 Å². The van der Waals surface area contributed by atoms with Gasteiger partial charge in [-0.25, -0.2) is 0 Å². The van der Waals surface area contributed by atoms with Crippen LogP contribution in [0.2, 0.25) is 0 Å². The summed E-state index contributed by atoms with van der Waals surface area (Å²) in [6.07, 6.45) is 4.08. The lowest BCUT2D eigenvalue weighted by Crippen LogP contribution is -1.99. The molecular formula is C20H22O2. The van der Waals surface area contributed by atoms with E-state index in [0.717, 1.165) is 38.0 Å². The van der Waals surface area contributed by atoms with Gasteiger partial charge in [0.1, 0.15) is 5.75 Å². The van der Waals surface area contributed by atoms with Crippen LogP contribution in [0.3, 0.4) is 0 Å². The van der Waals surface area contributed by atoms with E-state index in [1.807, 2.05) is 0 Å². The van der Waals surface area contributed by atoms with Gasteiger partial charge >= 0.3 is 0 Å². The third-order valence-electron chi connectivity index (χ3n) is 4.02. The van der Waals surface area contributed by atoms with E-state index >= 15 is 0 Å².